The second-order valence-electron chi connectivity index (χ2n) is 5.63. The van der Waals surface area contributed by atoms with E-state index in [1.807, 2.05) is 54.9 Å². The molecule has 2 aromatic carbocycles. The van der Waals surface area contributed by atoms with Crippen LogP contribution in [0.5, 0.6) is 0 Å². The van der Waals surface area contributed by atoms with Gasteiger partial charge in [0.15, 0.2) is 0 Å². The number of hydrogen-bond acceptors (Lipinski definition) is 5. The summed E-state index contributed by atoms with van der Waals surface area (Å²) in [5.41, 5.74) is 11.2. The normalized spacial score (nSPS) is 13.0. The molecule has 1 aliphatic rings. The number of anilines is 3. The maximum atomic E-state index is 11.8. The van der Waals surface area contributed by atoms with Gasteiger partial charge in [-0.05, 0) is 29.8 Å². The monoisotopic (exact) mass is 336 g/mol. The molecule has 1 aromatic heterocycles. The molecule has 1 amide bonds. The van der Waals surface area contributed by atoms with Gasteiger partial charge in [0.25, 0.3) is 0 Å². The number of likely N-dealkylation sites (N-methyl/N-ethyl adjacent to an activating group) is 1. The molecular weight excluding hydrogens is 320 g/mol. The Labute approximate surface area is 143 Å². The van der Waals surface area contributed by atoms with Crippen LogP contribution in [0.1, 0.15) is 5.56 Å². The van der Waals surface area contributed by atoms with E-state index in [2.05, 4.69) is 21.9 Å². The van der Waals surface area contributed by atoms with Crippen molar-refractivity contribution < 1.29 is 4.79 Å². The molecule has 0 unspecified atom stereocenters. The predicted octanol–water partition coefficient (Wildman–Crippen LogP) is 3.77. The van der Waals surface area contributed by atoms with Gasteiger partial charge in [-0.25, -0.2) is 4.98 Å². The number of nitrogens with zero attached hydrogens (tertiary/aromatic N) is 2. The Bertz CT molecular complexity index is 891. The summed E-state index contributed by atoms with van der Waals surface area (Å²) >= 11 is 1.54. The van der Waals surface area contributed by atoms with Crippen LogP contribution in [0.3, 0.4) is 0 Å². The second kappa shape index (κ2) is 5.98. The van der Waals surface area contributed by atoms with E-state index in [1.165, 1.54) is 11.3 Å². The fraction of sp³-hybridized carbons (Fsp3) is 0.111. The largest absolute Gasteiger partial charge is 0.315 e. The van der Waals surface area contributed by atoms with E-state index >= 15 is 0 Å². The maximum absolute atomic E-state index is 11.8. The van der Waals surface area contributed by atoms with Gasteiger partial charge in [0.05, 0.1) is 17.8 Å². The Morgan fingerprint density at radius 2 is 1.96 bits per heavy atom. The lowest BCUT2D eigenvalue weighted by atomic mass is 10.1. The lowest BCUT2D eigenvalue weighted by Gasteiger charge is -2.10. The zero-order chi connectivity index (χ0) is 16.5. The molecule has 5 nitrogen and oxygen atoms in total. The van der Waals surface area contributed by atoms with Gasteiger partial charge in [0.1, 0.15) is 0 Å². The van der Waals surface area contributed by atoms with Gasteiger partial charge in [-0.1, -0.05) is 24.3 Å². The predicted molar refractivity (Wildman–Crippen MR) is 98.4 cm³/mol. The molecule has 0 aliphatic carbocycles. The highest BCUT2D eigenvalue weighted by Gasteiger charge is 2.24. The molecule has 6 heteroatoms. The number of para-hydroxylation sites is 1. The van der Waals surface area contributed by atoms with Gasteiger partial charge in [-0.3, -0.25) is 15.6 Å². The fourth-order valence-electron chi connectivity index (χ4n) is 2.74. The van der Waals surface area contributed by atoms with Crippen LogP contribution < -0.4 is 15.8 Å². The second-order valence-corrected chi connectivity index (χ2v) is 6.49. The smallest absolute Gasteiger partial charge is 0.231 e. The third kappa shape index (κ3) is 2.72. The highest BCUT2D eigenvalue weighted by molar-refractivity contribution is 7.14. The minimum atomic E-state index is 0.134. The van der Waals surface area contributed by atoms with Crippen molar-refractivity contribution in [1.29, 1.82) is 0 Å². The summed E-state index contributed by atoms with van der Waals surface area (Å²) in [4.78, 5) is 18.1. The number of benzene rings is 2. The van der Waals surface area contributed by atoms with Crippen LogP contribution in [0.2, 0.25) is 0 Å². The molecule has 24 heavy (non-hydrogen) atoms. The lowest BCUT2D eigenvalue weighted by molar-refractivity contribution is -0.117. The maximum Gasteiger partial charge on any atom is 0.231 e. The molecule has 0 atom stereocenters. The van der Waals surface area contributed by atoms with Crippen LogP contribution >= 0.6 is 11.3 Å². The average molecular weight is 336 g/mol. The molecule has 0 saturated carbocycles. The third-order valence-corrected chi connectivity index (χ3v) is 4.80. The first-order valence-corrected chi connectivity index (χ1v) is 8.51. The summed E-state index contributed by atoms with van der Waals surface area (Å²) in [7, 11) is 1.81. The number of amides is 1. The summed E-state index contributed by atoms with van der Waals surface area (Å²) in [6.07, 6.45) is 0.463. The minimum Gasteiger partial charge on any atom is -0.315 e. The number of carbonyl (C=O) groups excluding carboxylic acids is 1. The van der Waals surface area contributed by atoms with E-state index in [-0.39, 0.29) is 5.91 Å². The minimum absolute atomic E-state index is 0.134. The Hall–Kier alpha value is -2.86. The fourth-order valence-corrected chi connectivity index (χ4v) is 3.41. The van der Waals surface area contributed by atoms with Gasteiger partial charge in [0.2, 0.25) is 11.0 Å². The Kier molecular flexibility index (Phi) is 3.66. The number of hydrogen-bond donors (Lipinski definition) is 2. The number of thiazole rings is 1. The Morgan fingerprint density at radius 3 is 2.79 bits per heavy atom. The molecule has 1 aliphatic heterocycles. The number of nitrogens with one attached hydrogen (secondary N) is 2. The topological polar surface area (TPSA) is 57.3 Å². The SMILES string of the molecule is CN1C(=O)Cc2cc(-c3csc(NNc4ccccc4)n3)ccc21. The van der Waals surface area contributed by atoms with E-state index in [0.717, 1.165) is 33.3 Å². The van der Waals surface area contributed by atoms with Gasteiger partial charge in [-0.2, -0.15) is 0 Å². The summed E-state index contributed by atoms with van der Waals surface area (Å²) in [5, 5.41) is 2.81. The summed E-state index contributed by atoms with van der Waals surface area (Å²) in [6.45, 7) is 0. The van der Waals surface area contributed by atoms with E-state index in [0.29, 0.717) is 6.42 Å². The lowest BCUT2D eigenvalue weighted by Crippen LogP contribution is -2.20. The molecule has 0 fully saturated rings. The van der Waals surface area contributed by atoms with Crippen molar-refractivity contribution in [3.8, 4) is 11.3 Å². The average Bonchev–Trinajstić information content (AvgIpc) is 3.19. The number of carbonyl (C=O) groups is 1. The Morgan fingerprint density at radius 1 is 1.12 bits per heavy atom. The van der Waals surface area contributed by atoms with E-state index in [4.69, 9.17) is 0 Å². The van der Waals surface area contributed by atoms with Crippen LogP contribution in [0.4, 0.5) is 16.5 Å². The number of aromatic nitrogens is 1. The van der Waals surface area contributed by atoms with Crippen LogP contribution in [0, 0.1) is 0 Å². The highest BCUT2D eigenvalue weighted by Crippen LogP contribution is 2.33. The molecule has 4 rings (SSSR count). The molecule has 2 N–H and O–H groups in total. The van der Waals surface area contributed by atoms with Crippen molar-refractivity contribution in [1.82, 2.24) is 4.98 Å². The first-order chi connectivity index (χ1) is 11.7. The standard InChI is InChI=1S/C18H16N4OS/c1-22-16-8-7-12(9-13(16)10-17(22)23)15-11-24-18(19-15)21-20-14-5-3-2-4-6-14/h2-9,11,20H,10H2,1H3,(H,19,21). The number of rotatable bonds is 4. The molecule has 0 radical (unpaired) electrons. The first kappa shape index (κ1) is 14.7. The summed E-state index contributed by atoms with van der Waals surface area (Å²) in [6, 6.07) is 15.9. The molecule has 120 valence electrons. The van der Waals surface area contributed by atoms with Gasteiger partial charge < -0.3 is 4.90 Å². The van der Waals surface area contributed by atoms with Crippen molar-refractivity contribution in [2.45, 2.75) is 6.42 Å². The third-order valence-electron chi connectivity index (χ3n) is 4.04. The van der Waals surface area contributed by atoms with Gasteiger partial charge >= 0.3 is 0 Å². The van der Waals surface area contributed by atoms with Crippen molar-refractivity contribution >= 4 is 33.8 Å². The molecule has 0 spiro atoms. The van der Waals surface area contributed by atoms with Crippen molar-refractivity contribution in [2.24, 2.45) is 0 Å². The molecule has 0 bridgehead atoms. The first-order valence-electron chi connectivity index (χ1n) is 7.63. The zero-order valence-corrected chi connectivity index (χ0v) is 13.9. The van der Waals surface area contributed by atoms with Crippen LogP contribution in [-0.2, 0) is 11.2 Å². The van der Waals surface area contributed by atoms with Crippen molar-refractivity contribution in [3.05, 3.63) is 59.5 Å². The van der Waals surface area contributed by atoms with E-state index < -0.39 is 0 Å². The van der Waals surface area contributed by atoms with Crippen LogP contribution in [0.15, 0.2) is 53.9 Å². The van der Waals surface area contributed by atoms with Crippen LogP contribution in [0.25, 0.3) is 11.3 Å². The molecule has 2 heterocycles. The molecule has 0 saturated heterocycles. The zero-order valence-electron chi connectivity index (χ0n) is 13.1. The summed E-state index contributed by atoms with van der Waals surface area (Å²) in [5.74, 6) is 0.134. The number of hydrazine groups is 1. The Balaban J connectivity index is 1.51. The quantitative estimate of drug-likeness (QED) is 0.712. The van der Waals surface area contributed by atoms with Gasteiger partial charge in [0, 0.05) is 23.7 Å². The molecule has 3 aromatic rings. The van der Waals surface area contributed by atoms with E-state index in [1.54, 1.807) is 4.90 Å². The van der Waals surface area contributed by atoms with Gasteiger partial charge in [-0.15, -0.1) is 11.3 Å². The van der Waals surface area contributed by atoms with E-state index in [9.17, 15) is 4.79 Å². The summed E-state index contributed by atoms with van der Waals surface area (Å²) < 4.78 is 0. The van der Waals surface area contributed by atoms with Crippen LogP contribution in [-0.4, -0.2) is 17.9 Å². The highest BCUT2D eigenvalue weighted by atomic mass is 32.1. The van der Waals surface area contributed by atoms with Crippen molar-refractivity contribution in [3.63, 3.8) is 0 Å². The number of fused-ring (bicyclic) bond motifs is 1. The van der Waals surface area contributed by atoms with Crippen molar-refractivity contribution in [2.75, 3.05) is 22.8 Å². The molecular formula is C18H16N4OS.